The summed E-state index contributed by atoms with van der Waals surface area (Å²) < 4.78 is 0. The third-order valence-electron chi connectivity index (χ3n) is 2.76. The highest BCUT2D eigenvalue weighted by molar-refractivity contribution is 6.34. The Bertz CT molecular complexity index is 346. The molecule has 0 unspecified atom stereocenters. The first-order valence-corrected chi connectivity index (χ1v) is 5.88. The molecule has 1 aromatic carbocycles. The van der Waals surface area contributed by atoms with E-state index in [0.717, 1.165) is 5.56 Å². The predicted molar refractivity (Wildman–Crippen MR) is 69.1 cm³/mol. The van der Waals surface area contributed by atoms with Gasteiger partial charge >= 0.3 is 0 Å². The highest BCUT2D eigenvalue weighted by Crippen LogP contribution is 2.22. The summed E-state index contributed by atoms with van der Waals surface area (Å²) in [5, 5.41) is 10.5. The average molecular weight is 262 g/mol. The summed E-state index contributed by atoms with van der Waals surface area (Å²) >= 11 is 11.9. The van der Waals surface area contributed by atoms with Crippen molar-refractivity contribution in [2.75, 3.05) is 13.7 Å². The second kappa shape index (κ2) is 5.37. The van der Waals surface area contributed by atoms with Gasteiger partial charge in [0.05, 0.1) is 6.61 Å². The van der Waals surface area contributed by atoms with Crippen LogP contribution in [0.2, 0.25) is 10.0 Å². The van der Waals surface area contributed by atoms with Crippen molar-refractivity contribution in [3.05, 3.63) is 33.8 Å². The van der Waals surface area contributed by atoms with Crippen molar-refractivity contribution in [3.8, 4) is 0 Å². The van der Waals surface area contributed by atoms with E-state index in [1.807, 2.05) is 33.0 Å². The predicted octanol–water partition coefficient (Wildman–Crippen LogP) is 3.20. The topological polar surface area (TPSA) is 23.5 Å². The molecule has 0 amide bonds. The molecular weight excluding hydrogens is 245 g/mol. The Labute approximate surface area is 107 Å². The van der Waals surface area contributed by atoms with Crippen molar-refractivity contribution in [1.82, 2.24) is 4.90 Å². The minimum atomic E-state index is -0.255. The number of aliphatic hydroxyl groups is 1. The lowest BCUT2D eigenvalue weighted by atomic mass is 10.0. The fourth-order valence-corrected chi connectivity index (χ4v) is 1.88. The van der Waals surface area contributed by atoms with Gasteiger partial charge in [-0.15, -0.1) is 0 Å². The number of benzene rings is 1. The monoisotopic (exact) mass is 261 g/mol. The summed E-state index contributed by atoms with van der Waals surface area (Å²) in [6, 6.07) is 5.48. The van der Waals surface area contributed by atoms with Gasteiger partial charge in [-0.05, 0) is 44.7 Å². The zero-order valence-electron chi connectivity index (χ0n) is 9.80. The van der Waals surface area contributed by atoms with Gasteiger partial charge in [0.15, 0.2) is 0 Å². The summed E-state index contributed by atoms with van der Waals surface area (Å²) in [6.45, 7) is 4.78. The van der Waals surface area contributed by atoms with E-state index in [1.165, 1.54) is 0 Å². The molecule has 1 N–H and O–H groups in total. The number of likely N-dealkylation sites (N-methyl/N-ethyl adjacent to an activating group) is 1. The van der Waals surface area contributed by atoms with E-state index >= 15 is 0 Å². The zero-order chi connectivity index (χ0) is 12.3. The average Bonchev–Trinajstić information content (AvgIpc) is 2.15. The van der Waals surface area contributed by atoms with Gasteiger partial charge in [-0.25, -0.2) is 0 Å². The summed E-state index contributed by atoms with van der Waals surface area (Å²) in [4.78, 5) is 2.06. The maximum atomic E-state index is 9.26. The van der Waals surface area contributed by atoms with E-state index in [0.29, 0.717) is 16.6 Å². The quantitative estimate of drug-likeness (QED) is 0.900. The second-order valence-electron chi connectivity index (χ2n) is 4.60. The Morgan fingerprint density at radius 2 is 1.69 bits per heavy atom. The fourth-order valence-electron chi connectivity index (χ4n) is 1.31. The van der Waals surface area contributed by atoms with Crippen LogP contribution in [-0.2, 0) is 6.54 Å². The molecule has 0 saturated carbocycles. The normalized spacial score (nSPS) is 12.2. The molecule has 2 nitrogen and oxygen atoms in total. The molecule has 0 aliphatic heterocycles. The number of rotatable bonds is 4. The van der Waals surface area contributed by atoms with Gasteiger partial charge in [-0.3, -0.25) is 4.90 Å². The Kier molecular flexibility index (Phi) is 4.62. The maximum Gasteiger partial charge on any atom is 0.0610 e. The number of nitrogens with zero attached hydrogens (tertiary/aromatic N) is 1. The van der Waals surface area contributed by atoms with Crippen molar-refractivity contribution >= 4 is 23.2 Å². The smallest absolute Gasteiger partial charge is 0.0610 e. The molecule has 0 atom stereocenters. The third-order valence-corrected chi connectivity index (χ3v) is 3.20. The molecule has 0 radical (unpaired) electrons. The first-order chi connectivity index (χ1) is 7.35. The lowest BCUT2D eigenvalue weighted by Crippen LogP contribution is -2.43. The van der Waals surface area contributed by atoms with Crippen LogP contribution in [0.3, 0.4) is 0 Å². The summed E-state index contributed by atoms with van der Waals surface area (Å²) in [5.41, 5.74) is 0.788. The molecule has 1 aromatic rings. The van der Waals surface area contributed by atoms with Crippen LogP contribution in [0.1, 0.15) is 19.4 Å². The summed E-state index contributed by atoms with van der Waals surface area (Å²) in [6.07, 6.45) is 0. The molecule has 0 bridgehead atoms. The van der Waals surface area contributed by atoms with E-state index in [1.54, 1.807) is 6.07 Å². The van der Waals surface area contributed by atoms with E-state index < -0.39 is 0 Å². The second-order valence-corrected chi connectivity index (χ2v) is 5.48. The lowest BCUT2D eigenvalue weighted by molar-refractivity contribution is 0.0734. The molecule has 0 fully saturated rings. The molecule has 0 aromatic heterocycles. The van der Waals surface area contributed by atoms with Crippen molar-refractivity contribution in [3.63, 3.8) is 0 Å². The fraction of sp³-hybridized carbons (Fsp3) is 0.500. The first kappa shape index (κ1) is 13.8. The zero-order valence-corrected chi connectivity index (χ0v) is 11.3. The molecule has 0 aliphatic rings. The van der Waals surface area contributed by atoms with Crippen LogP contribution < -0.4 is 0 Å². The minimum Gasteiger partial charge on any atom is -0.394 e. The van der Waals surface area contributed by atoms with E-state index in [4.69, 9.17) is 23.2 Å². The van der Waals surface area contributed by atoms with E-state index in [2.05, 4.69) is 4.90 Å². The van der Waals surface area contributed by atoms with Gasteiger partial charge in [0.25, 0.3) is 0 Å². The standard InChI is InChI=1S/C12H17Cl2NO/c1-12(2,8-16)15(3)7-9-4-10(13)6-11(14)5-9/h4-6,16H,7-8H2,1-3H3. The van der Waals surface area contributed by atoms with Crippen molar-refractivity contribution in [2.45, 2.75) is 25.9 Å². The van der Waals surface area contributed by atoms with Gasteiger partial charge in [0.2, 0.25) is 0 Å². The Morgan fingerprint density at radius 3 is 2.12 bits per heavy atom. The molecule has 16 heavy (non-hydrogen) atoms. The van der Waals surface area contributed by atoms with Gasteiger partial charge < -0.3 is 5.11 Å². The van der Waals surface area contributed by atoms with Crippen molar-refractivity contribution in [1.29, 1.82) is 0 Å². The largest absolute Gasteiger partial charge is 0.394 e. The highest BCUT2D eigenvalue weighted by atomic mass is 35.5. The first-order valence-electron chi connectivity index (χ1n) is 5.12. The lowest BCUT2D eigenvalue weighted by Gasteiger charge is -2.33. The van der Waals surface area contributed by atoms with Gasteiger partial charge in [-0.2, -0.15) is 0 Å². The van der Waals surface area contributed by atoms with Gasteiger partial charge in [0, 0.05) is 22.1 Å². The van der Waals surface area contributed by atoms with Crippen LogP contribution in [0.15, 0.2) is 18.2 Å². The van der Waals surface area contributed by atoms with Crippen LogP contribution in [0, 0.1) is 0 Å². The third kappa shape index (κ3) is 3.63. The maximum absolute atomic E-state index is 9.26. The molecule has 0 spiro atoms. The Balaban J connectivity index is 2.80. The number of aliphatic hydroxyl groups excluding tert-OH is 1. The SMILES string of the molecule is CN(Cc1cc(Cl)cc(Cl)c1)C(C)(C)CO. The molecular formula is C12H17Cl2NO. The van der Waals surface area contributed by atoms with E-state index in [-0.39, 0.29) is 12.1 Å². The summed E-state index contributed by atoms with van der Waals surface area (Å²) in [7, 11) is 1.96. The molecule has 0 heterocycles. The van der Waals surface area contributed by atoms with Crippen molar-refractivity contribution < 1.29 is 5.11 Å². The summed E-state index contributed by atoms with van der Waals surface area (Å²) in [5.74, 6) is 0. The van der Waals surface area contributed by atoms with Crippen LogP contribution in [-0.4, -0.2) is 29.2 Å². The van der Waals surface area contributed by atoms with Crippen LogP contribution in [0.25, 0.3) is 0 Å². The molecule has 0 aliphatic carbocycles. The molecule has 1 rings (SSSR count). The van der Waals surface area contributed by atoms with Gasteiger partial charge in [-0.1, -0.05) is 23.2 Å². The highest BCUT2D eigenvalue weighted by Gasteiger charge is 2.22. The number of hydrogen-bond acceptors (Lipinski definition) is 2. The minimum absolute atomic E-state index is 0.109. The van der Waals surface area contributed by atoms with E-state index in [9.17, 15) is 5.11 Å². The molecule has 0 saturated heterocycles. The Hall–Kier alpha value is -0.280. The Morgan fingerprint density at radius 1 is 1.19 bits per heavy atom. The van der Waals surface area contributed by atoms with Gasteiger partial charge in [0.1, 0.15) is 0 Å². The number of hydrogen-bond donors (Lipinski definition) is 1. The van der Waals surface area contributed by atoms with Crippen LogP contribution in [0.5, 0.6) is 0 Å². The molecule has 4 heteroatoms. The van der Waals surface area contributed by atoms with Crippen molar-refractivity contribution in [2.24, 2.45) is 0 Å². The number of halogens is 2. The van der Waals surface area contributed by atoms with Crippen LogP contribution in [0.4, 0.5) is 0 Å². The van der Waals surface area contributed by atoms with Crippen LogP contribution >= 0.6 is 23.2 Å². The molecule has 90 valence electrons.